The summed E-state index contributed by atoms with van der Waals surface area (Å²) < 4.78 is 0.868. The molecule has 0 aliphatic carbocycles. The number of carbonyl (C=O) groups is 1. The fourth-order valence-corrected chi connectivity index (χ4v) is 2.24. The minimum atomic E-state index is -0.297. The maximum absolute atomic E-state index is 12.2. The molecule has 0 aliphatic heterocycles. The Labute approximate surface area is 128 Å². The molecule has 1 amide bonds. The molecule has 5 N–H and O–H groups in total. The molecule has 0 atom stereocenters. The summed E-state index contributed by atoms with van der Waals surface area (Å²) in [7, 11) is 0. The number of hydrogen-bond acceptors (Lipinski definition) is 4. The summed E-state index contributed by atoms with van der Waals surface area (Å²) in [6, 6.07) is 5.46. The topological polar surface area (TPSA) is 116 Å². The Morgan fingerprint density at radius 2 is 2.25 bits per heavy atom. The van der Waals surface area contributed by atoms with Crippen molar-refractivity contribution in [2.24, 2.45) is 10.9 Å². The van der Waals surface area contributed by atoms with E-state index < -0.39 is 0 Å². The van der Waals surface area contributed by atoms with Gasteiger partial charge in [0.15, 0.2) is 5.84 Å². The van der Waals surface area contributed by atoms with Gasteiger partial charge >= 0.3 is 0 Å². The Hall–Kier alpha value is -2.10. The van der Waals surface area contributed by atoms with E-state index in [1.165, 1.54) is 6.20 Å². The van der Waals surface area contributed by atoms with Crippen molar-refractivity contribution in [2.75, 3.05) is 5.32 Å². The second-order valence-electron chi connectivity index (χ2n) is 4.03. The standard InChI is InChI=1S/C12H12IN5O2/c1-6-3-2-4-7(9(6)13)12(19)16-11-8(5-15-17-11)10(14)18-20/h2-5,20H,1H3,(H2,14,18)(H2,15,16,17,19). The molecule has 2 aromatic rings. The van der Waals surface area contributed by atoms with Crippen LogP contribution in [0.25, 0.3) is 0 Å². The summed E-state index contributed by atoms with van der Waals surface area (Å²) in [5.74, 6) is -0.148. The van der Waals surface area contributed by atoms with Crippen LogP contribution in [0, 0.1) is 10.5 Å². The highest BCUT2D eigenvalue weighted by atomic mass is 127. The number of amidine groups is 1. The Morgan fingerprint density at radius 1 is 1.50 bits per heavy atom. The number of amides is 1. The molecule has 7 nitrogen and oxygen atoms in total. The number of aromatic nitrogens is 2. The van der Waals surface area contributed by atoms with E-state index in [2.05, 4.69) is 43.3 Å². The zero-order valence-corrected chi connectivity index (χ0v) is 12.7. The predicted molar refractivity (Wildman–Crippen MR) is 82.9 cm³/mol. The van der Waals surface area contributed by atoms with Crippen LogP contribution in [-0.4, -0.2) is 27.1 Å². The van der Waals surface area contributed by atoms with Crippen LogP contribution in [0.3, 0.4) is 0 Å². The molecular formula is C12H12IN5O2. The summed E-state index contributed by atoms with van der Waals surface area (Å²) in [5, 5.41) is 20.6. The first-order chi connectivity index (χ1) is 9.54. The number of aryl methyl sites for hydroxylation is 1. The van der Waals surface area contributed by atoms with Gasteiger partial charge < -0.3 is 16.3 Å². The minimum absolute atomic E-state index is 0.131. The van der Waals surface area contributed by atoms with Crippen LogP contribution in [0.1, 0.15) is 21.5 Å². The maximum Gasteiger partial charge on any atom is 0.257 e. The van der Waals surface area contributed by atoms with E-state index >= 15 is 0 Å². The normalized spacial score (nSPS) is 11.4. The van der Waals surface area contributed by atoms with Gasteiger partial charge in [0.2, 0.25) is 0 Å². The molecule has 0 bridgehead atoms. The number of H-pyrrole nitrogens is 1. The quantitative estimate of drug-likeness (QED) is 0.211. The molecule has 0 spiro atoms. The van der Waals surface area contributed by atoms with E-state index in [1.807, 2.05) is 19.1 Å². The molecule has 0 fully saturated rings. The lowest BCUT2D eigenvalue weighted by Crippen LogP contribution is -2.19. The number of nitrogens with two attached hydrogens (primary N) is 1. The number of anilines is 1. The Balaban J connectivity index is 2.29. The highest BCUT2D eigenvalue weighted by molar-refractivity contribution is 14.1. The fraction of sp³-hybridized carbons (Fsp3) is 0.0833. The number of aromatic amines is 1. The zero-order chi connectivity index (χ0) is 14.7. The average molecular weight is 385 g/mol. The third kappa shape index (κ3) is 2.74. The van der Waals surface area contributed by atoms with Crippen molar-refractivity contribution in [3.05, 3.63) is 44.7 Å². The number of hydrogen-bond donors (Lipinski definition) is 4. The van der Waals surface area contributed by atoms with E-state index in [-0.39, 0.29) is 17.6 Å². The number of halogens is 1. The first-order valence-corrected chi connectivity index (χ1v) is 6.70. The van der Waals surface area contributed by atoms with Crippen molar-refractivity contribution in [1.82, 2.24) is 10.2 Å². The van der Waals surface area contributed by atoms with Crippen molar-refractivity contribution < 1.29 is 10.0 Å². The van der Waals surface area contributed by atoms with Gasteiger partial charge in [-0.05, 0) is 41.1 Å². The Kier molecular flexibility index (Phi) is 4.23. The van der Waals surface area contributed by atoms with Crippen molar-refractivity contribution in [1.29, 1.82) is 0 Å². The molecule has 1 heterocycles. The lowest BCUT2D eigenvalue weighted by molar-refractivity contribution is 0.102. The summed E-state index contributed by atoms with van der Waals surface area (Å²) in [4.78, 5) is 12.2. The smallest absolute Gasteiger partial charge is 0.257 e. The lowest BCUT2D eigenvalue weighted by Gasteiger charge is -2.08. The van der Waals surface area contributed by atoms with Crippen molar-refractivity contribution >= 4 is 40.2 Å². The molecule has 2 rings (SSSR count). The summed E-state index contributed by atoms with van der Waals surface area (Å²) >= 11 is 2.12. The SMILES string of the molecule is Cc1cccc(C(=O)Nc2[nH]ncc2/C(N)=N/O)c1I. The monoisotopic (exact) mass is 385 g/mol. The first kappa shape index (κ1) is 14.3. The van der Waals surface area contributed by atoms with Gasteiger partial charge in [-0.1, -0.05) is 17.3 Å². The molecule has 0 aliphatic rings. The largest absolute Gasteiger partial charge is 0.409 e. The second kappa shape index (κ2) is 5.90. The highest BCUT2D eigenvalue weighted by Gasteiger charge is 2.16. The third-order valence-corrected chi connectivity index (χ3v) is 4.13. The summed E-state index contributed by atoms with van der Waals surface area (Å²) in [5.41, 5.74) is 7.38. The van der Waals surface area contributed by atoms with Gasteiger partial charge in [-0.25, -0.2) is 0 Å². The van der Waals surface area contributed by atoms with Gasteiger partial charge in [0, 0.05) is 3.57 Å². The first-order valence-electron chi connectivity index (χ1n) is 5.62. The van der Waals surface area contributed by atoms with Gasteiger partial charge in [-0.3, -0.25) is 9.89 Å². The van der Waals surface area contributed by atoms with Gasteiger partial charge in [0.25, 0.3) is 5.91 Å². The van der Waals surface area contributed by atoms with Gasteiger partial charge in [0.1, 0.15) is 5.82 Å². The van der Waals surface area contributed by atoms with Gasteiger partial charge in [0.05, 0.1) is 17.3 Å². The van der Waals surface area contributed by atoms with Crippen molar-refractivity contribution in [3.8, 4) is 0 Å². The predicted octanol–water partition coefficient (Wildman–Crippen LogP) is 1.67. The van der Waals surface area contributed by atoms with Gasteiger partial charge in [-0.15, -0.1) is 0 Å². The van der Waals surface area contributed by atoms with E-state index in [0.29, 0.717) is 11.1 Å². The van der Waals surface area contributed by atoms with Crippen molar-refractivity contribution in [2.45, 2.75) is 6.92 Å². The number of nitrogens with zero attached hydrogens (tertiary/aromatic N) is 2. The molecule has 104 valence electrons. The second-order valence-corrected chi connectivity index (χ2v) is 5.11. The Bertz CT molecular complexity index is 680. The fourth-order valence-electron chi connectivity index (χ4n) is 1.63. The maximum atomic E-state index is 12.2. The molecule has 1 aromatic carbocycles. The highest BCUT2D eigenvalue weighted by Crippen LogP contribution is 2.19. The van der Waals surface area contributed by atoms with Crippen LogP contribution in [0.15, 0.2) is 29.6 Å². The lowest BCUT2D eigenvalue weighted by atomic mass is 10.1. The molecule has 0 saturated heterocycles. The van der Waals surface area contributed by atoms with Crippen LogP contribution in [-0.2, 0) is 0 Å². The Morgan fingerprint density at radius 3 is 2.95 bits per heavy atom. The van der Waals surface area contributed by atoms with E-state index in [0.717, 1.165) is 9.13 Å². The summed E-state index contributed by atoms with van der Waals surface area (Å²) in [6.07, 6.45) is 1.37. The third-order valence-electron chi connectivity index (χ3n) is 2.70. The minimum Gasteiger partial charge on any atom is -0.409 e. The van der Waals surface area contributed by atoms with E-state index in [1.54, 1.807) is 6.07 Å². The molecule has 1 aromatic heterocycles. The molecule has 0 unspecified atom stereocenters. The molecule has 8 heteroatoms. The van der Waals surface area contributed by atoms with Crippen LogP contribution in [0.2, 0.25) is 0 Å². The van der Waals surface area contributed by atoms with E-state index in [9.17, 15) is 4.79 Å². The number of rotatable bonds is 3. The molecule has 20 heavy (non-hydrogen) atoms. The zero-order valence-electron chi connectivity index (χ0n) is 10.5. The number of nitrogens with one attached hydrogen (secondary N) is 2. The van der Waals surface area contributed by atoms with Crippen molar-refractivity contribution in [3.63, 3.8) is 0 Å². The molecule has 0 saturated carbocycles. The molecule has 0 radical (unpaired) electrons. The molecular weight excluding hydrogens is 373 g/mol. The van der Waals surface area contributed by atoms with Gasteiger partial charge in [-0.2, -0.15) is 5.10 Å². The average Bonchev–Trinajstić information content (AvgIpc) is 2.89. The van der Waals surface area contributed by atoms with Crippen LogP contribution < -0.4 is 11.1 Å². The van der Waals surface area contributed by atoms with Crippen LogP contribution in [0.5, 0.6) is 0 Å². The number of oxime groups is 1. The summed E-state index contributed by atoms with van der Waals surface area (Å²) in [6.45, 7) is 1.93. The number of benzene rings is 1. The van der Waals surface area contributed by atoms with Crippen LogP contribution >= 0.6 is 22.6 Å². The van der Waals surface area contributed by atoms with Crippen LogP contribution in [0.4, 0.5) is 5.82 Å². The van der Waals surface area contributed by atoms with E-state index in [4.69, 9.17) is 10.9 Å². The number of carbonyl (C=O) groups excluding carboxylic acids is 1.